The molecule has 0 aromatic rings. The van der Waals surface area contributed by atoms with Crippen LogP contribution >= 0.6 is 0 Å². The van der Waals surface area contributed by atoms with Crippen LogP contribution in [0.15, 0.2) is 58.7 Å². The van der Waals surface area contributed by atoms with Crippen molar-refractivity contribution in [2.24, 2.45) is 11.3 Å². The molecule has 0 amide bonds. The van der Waals surface area contributed by atoms with E-state index in [4.69, 9.17) is 0 Å². The lowest BCUT2D eigenvalue weighted by molar-refractivity contribution is -0.00884. The molecule has 1 nitrogen and oxygen atoms in total. The largest absolute Gasteiger partial charge is 0.393 e. The number of aliphatic hydroxyl groups excluding tert-OH is 1. The van der Waals surface area contributed by atoms with Crippen LogP contribution in [-0.2, 0) is 0 Å². The zero-order chi connectivity index (χ0) is 24.1. The van der Waals surface area contributed by atoms with Crippen LogP contribution in [0.1, 0.15) is 119 Å². The molecule has 0 bridgehead atoms. The fourth-order valence-corrected chi connectivity index (χ4v) is 4.91. The van der Waals surface area contributed by atoms with Crippen molar-refractivity contribution in [1.29, 1.82) is 0 Å². The molecule has 182 valence electrons. The molecule has 1 heteroatoms. The van der Waals surface area contributed by atoms with Gasteiger partial charge in [0.1, 0.15) is 0 Å². The summed E-state index contributed by atoms with van der Waals surface area (Å²) in [6.07, 6.45) is 21.6. The van der Waals surface area contributed by atoms with E-state index in [1.165, 1.54) is 41.6 Å². The Labute approximate surface area is 200 Å². The van der Waals surface area contributed by atoms with E-state index in [-0.39, 0.29) is 11.5 Å². The SMILES string of the molecule is C=C1CC[C@H](O)C(C)(C)[C@@H]1CC/C(=C/CC/C=C(\C)CC/C=C(\C)CCC=C(C)C)CC. The van der Waals surface area contributed by atoms with E-state index < -0.39 is 0 Å². The van der Waals surface area contributed by atoms with Gasteiger partial charge in [-0.15, -0.1) is 0 Å². The maximum Gasteiger partial charge on any atom is 0.0599 e. The van der Waals surface area contributed by atoms with Crippen molar-refractivity contribution < 1.29 is 5.11 Å². The Morgan fingerprint density at radius 2 is 1.47 bits per heavy atom. The Bertz CT molecular complexity index is 694. The van der Waals surface area contributed by atoms with Gasteiger partial charge in [0.2, 0.25) is 0 Å². The van der Waals surface area contributed by atoms with Gasteiger partial charge >= 0.3 is 0 Å². The number of rotatable bonds is 13. The average Bonchev–Trinajstić information content (AvgIpc) is 2.72. The summed E-state index contributed by atoms with van der Waals surface area (Å²) < 4.78 is 0. The summed E-state index contributed by atoms with van der Waals surface area (Å²) in [4.78, 5) is 0. The van der Waals surface area contributed by atoms with Crippen molar-refractivity contribution in [1.82, 2.24) is 0 Å². The van der Waals surface area contributed by atoms with Gasteiger partial charge in [-0.05, 0) is 110 Å². The van der Waals surface area contributed by atoms with E-state index >= 15 is 0 Å². The molecule has 1 rings (SSSR count). The van der Waals surface area contributed by atoms with Crippen LogP contribution in [0.3, 0.4) is 0 Å². The zero-order valence-corrected chi connectivity index (χ0v) is 22.4. The third-order valence-corrected chi connectivity index (χ3v) is 7.41. The lowest BCUT2D eigenvalue weighted by Crippen LogP contribution is -2.41. The molecule has 1 aliphatic rings. The second kappa shape index (κ2) is 14.7. The van der Waals surface area contributed by atoms with Crippen LogP contribution in [0.25, 0.3) is 0 Å². The number of unbranched alkanes of at least 4 members (excludes halogenated alkanes) is 1. The van der Waals surface area contributed by atoms with Gasteiger partial charge in [-0.3, -0.25) is 0 Å². The van der Waals surface area contributed by atoms with Gasteiger partial charge in [-0.1, -0.05) is 79.5 Å². The normalized spacial score (nSPS) is 22.2. The molecule has 1 fully saturated rings. The number of hydrogen-bond acceptors (Lipinski definition) is 1. The van der Waals surface area contributed by atoms with Gasteiger partial charge in [0.25, 0.3) is 0 Å². The van der Waals surface area contributed by atoms with E-state index in [2.05, 4.69) is 79.3 Å². The maximum absolute atomic E-state index is 10.5. The highest BCUT2D eigenvalue weighted by Gasteiger charge is 2.40. The second-order valence-electron chi connectivity index (χ2n) is 10.9. The van der Waals surface area contributed by atoms with Gasteiger partial charge in [0, 0.05) is 0 Å². The van der Waals surface area contributed by atoms with Gasteiger partial charge in [-0.25, -0.2) is 0 Å². The fraction of sp³-hybridized carbons (Fsp3) is 0.677. The van der Waals surface area contributed by atoms with Crippen molar-refractivity contribution in [3.8, 4) is 0 Å². The molecule has 32 heavy (non-hydrogen) atoms. The van der Waals surface area contributed by atoms with Gasteiger partial charge in [-0.2, -0.15) is 0 Å². The predicted molar refractivity (Wildman–Crippen MR) is 144 cm³/mol. The topological polar surface area (TPSA) is 20.2 Å². The quantitative estimate of drug-likeness (QED) is 0.223. The molecule has 2 atom stereocenters. The maximum atomic E-state index is 10.5. The Kier molecular flexibility index (Phi) is 13.2. The van der Waals surface area contributed by atoms with E-state index in [1.807, 2.05) is 0 Å². The molecule has 0 radical (unpaired) electrons. The molecule has 0 heterocycles. The molecular formula is C31H52O. The molecule has 0 spiro atoms. The summed E-state index contributed by atoms with van der Waals surface area (Å²) in [5, 5.41) is 10.5. The summed E-state index contributed by atoms with van der Waals surface area (Å²) in [5.74, 6) is 0.432. The van der Waals surface area contributed by atoms with Crippen molar-refractivity contribution in [2.45, 2.75) is 125 Å². The first-order chi connectivity index (χ1) is 15.1. The predicted octanol–water partition coefficient (Wildman–Crippen LogP) is 9.66. The number of allylic oxidation sites excluding steroid dienone is 9. The monoisotopic (exact) mass is 440 g/mol. The summed E-state index contributed by atoms with van der Waals surface area (Å²) in [6.45, 7) is 19.9. The van der Waals surface area contributed by atoms with E-state index in [0.717, 1.165) is 51.4 Å². The molecule has 0 aliphatic heterocycles. The third-order valence-electron chi connectivity index (χ3n) is 7.41. The fourth-order valence-electron chi connectivity index (χ4n) is 4.91. The Balaban J connectivity index is 2.41. The Morgan fingerprint density at radius 3 is 2.06 bits per heavy atom. The molecule has 0 saturated heterocycles. The lowest BCUT2D eigenvalue weighted by atomic mass is 9.63. The molecule has 0 aromatic carbocycles. The highest BCUT2D eigenvalue weighted by molar-refractivity contribution is 5.14. The van der Waals surface area contributed by atoms with E-state index in [9.17, 15) is 5.11 Å². The average molecular weight is 441 g/mol. The first-order valence-electron chi connectivity index (χ1n) is 13.1. The molecule has 0 aromatic heterocycles. The highest BCUT2D eigenvalue weighted by atomic mass is 16.3. The summed E-state index contributed by atoms with van der Waals surface area (Å²) in [6, 6.07) is 0. The smallest absolute Gasteiger partial charge is 0.0599 e. The van der Waals surface area contributed by atoms with E-state index in [1.54, 1.807) is 5.57 Å². The van der Waals surface area contributed by atoms with Crippen LogP contribution < -0.4 is 0 Å². The van der Waals surface area contributed by atoms with Crippen LogP contribution in [0.2, 0.25) is 0 Å². The van der Waals surface area contributed by atoms with E-state index in [0.29, 0.717) is 5.92 Å². The summed E-state index contributed by atoms with van der Waals surface area (Å²) >= 11 is 0. The first kappa shape index (κ1) is 28.7. The van der Waals surface area contributed by atoms with Gasteiger partial charge in [0.15, 0.2) is 0 Å². The van der Waals surface area contributed by atoms with Gasteiger partial charge in [0.05, 0.1) is 6.10 Å². The van der Waals surface area contributed by atoms with Crippen molar-refractivity contribution in [3.63, 3.8) is 0 Å². The van der Waals surface area contributed by atoms with Crippen LogP contribution in [0, 0.1) is 11.3 Å². The third kappa shape index (κ3) is 10.5. The van der Waals surface area contributed by atoms with Crippen LogP contribution in [-0.4, -0.2) is 11.2 Å². The zero-order valence-electron chi connectivity index (χ0n) is 22.4. The molecule has 0 unspecified atom stereocenters. The Morgan fingerprint density at radius 1 is 0.906 bits per heavy atom. The lowest BCUT2D eigenvalue weighted by Gasteiger charge is -2.44. The van der Waals surface area contributed by atoms with Crippen molar-refractivity contribution >= 4 is 0 Å². The number of aliphatic hydroxyl groups is 1. The number of hydrogen-bond donors (Lipinski definition) is 1. The van der Waals surface area contributed by atoms with Crippen LogP contribution in [0.5, 0.6) is 0 Å². The second-order valence-corrected chi connectivity index (χ2v) is 10.9. The molecule has 1 N–H and O–H groups in total. The Hall–Kier alpha value is -1.34. The highest BCUT2D eigenvalue weighted by Crippen LogP contribution is 2.46. The minimum atomic E-state index is -0.198. The summed E-state index contributed by atoms with van der Waals surface area (Å²) in [7, 11) is 0. The van der Waals surface area contributed by atoms with Crippen molar-refractivity contribution in [3.05, 3.63) is 58.7 Å². The molecule has 1 saturated carbocycles. The van der Waals surface area contributed by atoms with Crippen molar-refractivity contribution in [2.75, 3.05) is 0 Å². The van der Waals surface area contributed by atoms with Crippen LogP contribution in [0.4, 0.5) is 0 Å². The standard InChI is InChI=1S/C31H52O/c1-9-28(21-22-29-27(6)20-23-30(32)31(29,7)8)19-11-10-15-25(4)17-13-18-26(5)16-12-14-24(2)3/h14-15,18-19,29-30,32H,6,9-13,16-17,20-23H2,1-5,7-8H3/b25-15+,26-18+,28-19+/t29-,30+/m1/s1. The minimum Gasteiger partial charge on any atom is -0.393 e. The molecular weight excluding hydrogens is 388 g/mol. The van der Waals surface area contributed by atoms with Gasteiger partial charge < -0.3 is 5.11 Å². The summed E-state index contributed by atoms with van der Waals surface area (Å²) in [5.41, 5.74) is 7.30. The minimum absolute atomic E-state index is 0.0491. The molecule has 1 aliphatic carbocycles. The first-order valence-corrected chi connectivity index (χ1v) is 13.1.